The second-order valence-corrected chi connectivity index (χ2v) is 5.63. The molecule has 0 fully saturated rings. The number of aromatic nitrogens is 3. The van der Waals surface area contributed by atoms with Crippen molar-refractivity contribution in [2.45, 2.75) is 46.2 Å². The summed E-state index contributed by atoms with van der Waals surface area (Å²) in [7, 11) is 0. The lowest BCUT2D eigenvalue weighted by Crippen LogP contribution is -2.26. The van der Waals surface area contributed by atoms with Crippen LogP contribution in [0.15, 0.2) is 24.5 Å². The Morgan fingerprint density at radius 2 is 2.05 bits per heavy atom. The van der Waals surface area contributed by atoms with Gasteiger partial charge in [-0.15, -0.1) is 0 Å². The zero-order valence-electron chi connectivity index (χ0n) is 12.9. The van der Waals surface area contributed by atoms with E-state index in [2.05, 4.69) is 35.3 Å². The van der Waals surface area contributed by atoms with Crippen molar-refractivity contribution in [3.8, 4) is 0 Å². The van der Waals surface area contributed by atoms with Crippen molar-refractivity contribution < 1.29 is 0 Å². The van der Waals surface area contributed by atoms with Gasteiger partial charge >= 0.3 is 0 Å². The summed E-state index contributed by atoms with van der Waals surface area (Å²) in [4.78, 5) is 4.41. The normalized spacial score (nSPS) is 12.6. The molecular formula is C16H23ClN4. The van der Waals surface area contributed by atoms with Gasteiger partial charge in [-0.25, -0.2) is 0 Å². The molecule has 1 unspecified atom stereocenters. The fraction of sp³-hybridized carbons (Fsp3) is 0.500. The highest BCUT2D eigenvalue weighted by Crippen LogP contribution is 2.28. The molecule has 0 aliphatic rings. The number of pyridine rings is 1. The summed E-state index contributed by atoms with van der Waals surface area (Å²) in [5.41, 5.74) is 3.16. The van der Waals surface area contributed by atoms with Gasteiger partial charge in [0.05, 0.1) is 23.0 Å². The Balaban J connectivity index is 2.40. The van der Waals surface area contributed by atoms with Crippen molar-refractivity contribution in [1.82, 2.24) is 20.1 Å². The first kappa shape index (κ1) is 16.0. The lowest BCUT2D eigenvalue weighted by atomic mass is 10.0. The third kappa shape index (κ3) is 3.83. The third-order valence-electron chi connectivity index (χ3n) is 3.41. The Morgan fingerprint density at radius 3 is 2.67 bits per heavy atom. The van der Waals surface area contributed by atoms with Crippen LogP contribution in [0.2, 0.25) is 5.02 Å². The van der Waals surface area contributed by atoms with Crippen LogP contribution in [0.3, 0.4) is 0 Å². The number of hydrogen-bond acceptors (Lipinski definition) is 3. The summed E-state index contributed by atoms with van der Waals surface area (Å²) < 4.78 is 2.00. The summed E-state index contributed by atoms with van der Waals surface area (Å²) in [5.74, 6) is 0. The summed E-state index contributed by atoms with van der Waals surface area (Å²) in [6, 6.07) is 4.17. The monoisotopic (exact) mass is 306 g/mol. The maximum absolute atomic E-state index is 6.39. The van der Waals surface area contributed by atoms with E-state index < -0.39 is 0 Å². The minimum Gasteiger partial charge on any atom is -0.305 e. The number of nitrogens with one attached hydrogen (secondary N) is 1. The van der Waals surface area contributed by atoms with Crippen LogP contribution in [-0.2, 0) is 6.54 Å². The topological polar surface area (TPSA) is 42.7 Å². The van der Waals surface area contributed by atoms with E-state index in [1.54, 1.807) is 6.20 Å². The van der Waals surface area contributed by atoms with Gasteiger partial charge in [-0.3, -0.25) is 9.67 Å². The van der Waals surface area contributed by atoms with Gasteiger partial charge in [0.25, 0.3) is 0 Å². The van der Waals surface area contributed by atoms with Crippen LogP contribution in [0.4, 0.5) is 0 Å². The van der Waals surface area contributed by atoms with Gasteiger partial charge in [0.15, 0.2) is 0 Å². The first-order valence-corrected chi connectivity index (χ1v) is 7.92. The fourth-order valence-electron chi connectivity index (χ4n) is 2.36. The average Bonchev–Trinajstić information content (AvgIpc) is 2.83. The lowest BCUT2D eigenvalue weighted by Gasteiger charge is -2.21. The molecule has 2 heterocycles. The molecule has 2 aromatic rings. The zero-order chi connectivity index (χ0) is 15.2. The first-order valence-electron chi connectivity index (χ1n) is 7.54. The van der Waals surface area contributed by atoms with Gasteiger partial charge in [0.2, 0.25) is 0 Å². The zero-order valence-corrected chi connectivity index (χ0v) is 13.7. The predicted molar refractivity (Wildman–Crippen MR) is 86.6 cm³/mol. The molecule has 5 heteroatoms. The van der Waals surface area contributed by atoms with Crippen LogP contribution in [0.25, 0.3) is 0 Å². The number of halogens is 1. The van der Waals surface area contributed by atoms with E-state index in [0.29, 0.717) is 5.02 Å². The predicted octanol–water partition coefficient (Wildman–Crippen LogP) is 3.74. The van der Waals surface area contributed by atoms with E-state index >= 15 is 0 Å². The van der Waals surface area contributed by atoms with Gasteiger partial charge in [-0.05, 0) is 37.9 Å². The first-order chi connectivity index (χ1) is 10.2. The maximum atomic E-state index is 6.39. The fourth-order valence-corrected chi connectivity index (χ4v) is 2.61. The van der Waals surface area contributed by atoms with E-state index in [1.807, 2.05) is 23.9 Å². The highest BCUT2D eigenvalue weighted by atomic mass is 35.5. The third-order valence-corrected chi connectivity index (χ3v) is 3.70. The molecule has 1 atom stereocenters. The number of nitrogens with zero attached hydrogens (tertiary/aromatic N) is 3. The Labute approximate surface area is 131 Å². The Hall–Kier alpha value is -1.39. The van der Waals surface area contributed by atoms with E-state index in [1.165, 1.54) is 0 Å². The van der Waals surface area contributed by atoms with Gasteiger partial charge in [-0.2, -0.15) is 5.10 Å². The molecule has 0 amide bonds. The molecule has 114 valence electrons. The van der Waals surface area contributed by atoms with Crippen molar-refractivity contribution in [3.63, 3.8) is 0 Å². The molecule has 2 rings (SSSR count). The largest absolute Gasteiger partial charge is 0.305 e. The van der Waals surface area contributed by atoms with Crippen LogP contribution in [0.5, 0.6) is 0 Å². The van der Waals surface area contributed by atoms with Crippen molar-refractivity contribution in [2.75, 3.05) is 6.54 Å². The van der Waals surface area contributed by atoms with E-state index in [-0.39, 0.29) is 6.04 Å². The van der Waals surface area contributed by atoms with Gasteiger partial charge in [0.1, 0.15) is 0 Å². The quantitative estimate of drug-likeness (QED) is 0.847. The Kier molecular flexibility index (Phi) is 5.76. The highest BCUT2D eigenvalue weighted by molar-refractivity contribution is 6.31. The standard InChI is InChI=1S/C16H23ClN4/c1-4-8-18-15(13-7-6-12(3)19-10-13)16-14(17)11-20-21(16)9-5-2/h6-7,10-11,15,18H,4-5,8-9H2,1-3H3. The second-order valence-electron chi connectivity index (χ2n) is 5.22. The van der Waals surface area contributed by atoms with Crippen LogP contribution in [0, 0.1) is 6.92 Å². The van der Waals surface area contributed by atoms with Gasteiger partial charge < -0.3 is 5.32 Å². The summed E-state index contributed by atoms with van der Waals surface area (Å²) in [6.45, 7) is 8.08. The summed E-state index contributed by atoms with van der Waals surface area (Å²) in [6.07, 6.45) is 5.74. The van der Waals surface area contributed by atoms with E-state index in [0.717, 1.165) is 42.9 Å². The smallest absolute Gasteiger partial charge is 0.0837 e. The molecule has 0 bridgehead atoms. The van der Waals surface area contributed by atoms with E-state index in [4.69, 9.17) is 11.6 Å². The van der Waals surface area contributed by atoms with Gasteiger partial charge in [0, 0.05) is 18.4 Å². The number of aryl methyl sites for hydroxylation is 2. The molecule has 0 aromatic carbocycles. The molecule has 2 aromatic heterocycles. The van der Waals surface area contributed by atoms with Crippen molar-refractivity contribution in [1.29, 1.82) is 0 Å². The lowest BCUT2D eigenvalue weighted by molar-refractivity contribution is 0.511. The SMILES string of the molecule is CCCNC(c1ccc(C)nc1)c1c(Cl)cnn1CCC. The molecule has 0 spiro atoms. The van der Waals surface area contributed by atoms with Crippen LogP contribution >= 0.6 is 11.6 Å². The van der Waals surface area contributed by atoms with Gasteiger partial charge in [-0.1, -0.05) is 31.5 Å². The van der Waals surface area contributed by atoms with Crippen LogP contribution in [0.1, 0.15) is 49.7 Å². The van der Waals surface area contributed by atoms with Crippen molar-refractivity contribution in [2.24, 2.45) is 0 Å². The molecule has 0 saturated carbocycles. The molecule has 0 saturated heterocycles. The average molecular weight is 307 g/mol. The molecular weight excluding hydrogens is 284 g/mol. The van der Waals surface area contributed by atoms with Crippen LogP contribution in [-0.4, -0.2) is 21.3 Å². The minimum atomic E-state index is 0.0274. The molecule has 0 aliphatic heterocycles. The Morgan fingerprint density at radius 1 is 1.24 bits per heavy atom. The Bertz CT molecular complexity index is 562. The molecule has 1 N–H and O–H groups in total. The summed E-state index contributed by atoms with van der Waals surface area (Å²) >= 11 is 6.39. The van der Waals surface area contributed by atoms with Crippen molar-refractivity contribution in [3.05, 3.63) is 46.5 Å². The molecule has 0 radical (unpaired) electrons. The second kappa shape index (κ2) is 7.57. The maximum Gasteiger partial charge on any atom is 0.0837 e. The van der Waals surface area contributed by atoms with Crippen LogP contribution < -0.4 is 5.32 Å². The van der Waals surface area contributed by atoms with Crippen molar-refractivity contribution >= 4 is 11.6 Å². The minimum absolute atomic E-state index is 0.0274. The van der Waals surface area contributed by atoms with E-state index in [9.17, 15) is 0 Å². The molecule has 21 heavy (non-hydrogen) atoms. The molecule has 0 aliphatic carbocycles. The highest BCUT2D eigenvalue weighted by Gasteiger charge is 2.21. The molecule has 4 nitrogen and oxygen atoms in total. The summed E-state index contributed by atoms with van der Waals surface area (Å²) in [5, 5.41) is 8.67. The number of rotatable bonds is 7. The number of hydrogen-bond donors (Lipinski definition) is 1.